The zero-order valence-electron chi connectivity index (χ0n) is 11.7. The van der Waals surface area contributed by atoms with Gasteiger partial charge in [-0.15, -0.1) is 0 Å². The summed E-state index contributed by atoms with van der Waals surface area (Å²) in [6.07, 6.45) is 1.45. The van der Waals surface area contributed by atoms with E-state index < -0.39 is 11.9 Å². The zero-order chi connectivity index (χ0) is 15.4. The van der Waals surface area contributed by atoms with Gasteiger partial charge in [-0.1, -0.05) is 12.1 Å². The molecule has 108 valence electrons. The van der Waals surface area contributed by atoms with E-state index in [9.17, 15) is 9.59 Å². The summed E-state index contributed by atoms with van der Waals surface area (Å²) in [5.74, 6) is -0.758. The number of benzene rings is 1. The minimum Gasteiger partial charge on any atom is -0.478 e. The zero-order valence-corrected chi connectivity index (χ0v) is 11.7. The summed E-state index contributed by atoms with van der Waals surface area (Å²) in [5.41, 5.74) is 0.663. The second-order valence-corrected chi connectivity index (χ2v) is 4.60. The van der Waals surface area contributed by atoms with Gasteiger partial charge in [0.1, 0.15) is 5.82 Å². The second-order valence-electron chi connectivity index (χ2n) is 4.60. The fourth-order valence-corrected chi connectivity index (χ4v) is 1.76. The minimum atomic E-state index is -1.09. The SMILES string of the molecule is CN(C)c1ccc(C(=O)Nc2ccccc2C(=O)O)cn1. The minimum absolute atomic E-state index is 0.0451. The van der Waals surface area contributed by atoms with E-state index in [2.05, 4.69) is 10.3 Å². The van der Waals surface area contributed by atoms with Crippen molar-refractivity contribution in [3.63, 3.8) is 0 Å². The summed E-state index contributed by atoms with van der Waals surface area (Å²) < 4.78 is 0. The van der Waals surface area contributed by atoms with Crippen LogP contribution in [0, 0.1) is 0 Å². The van der Waals surface area contributed by atoms with Gasteiger partial charge in [-0.2, -0.15) is 0 Å². The third-order valence-electron chi connectivity index (χ3n) is 2.87. The van der Waals surface area contributed by atoms with Crippen molar-refractivity contribution < 1.29 is 14.7 Å². The van der Waals surface area contributed by atoms with Crippen molar-refractivity contribution in [1.82, 2.24) is 4.98 Å². The van der Waals surface area contributed by atoms with Gasteiger partial charge in [0.15, 0.2) is 0 Å². The topological polar surface area (TPSA) is 82.5 Å². The number of nitrogens with one attached hydrogen (secondary N) is 1. The van der Waals surface area contributed by atoms with Gasteiger partial charge in [0, 0.05) is 20.3 Å². The Kier molecular flexibility index (Phi) is 4.18. The number of hydrogen-bond acceptors (Lipinski definition) is 4. The number of amides is 1. The first-order valence-electron chi connectivity index (χ1n) is 6.26. The number of rotatable bonds is 4. The summed E-state index contributed by atoms with van der Waals surface area (Å²) in [5, 5.41) is 11.7. The van der Waals surface area contributed by atoms with Crippen molar-refractivity contribution in [1.29, 1.82) is 0 Å². The standard InChI is InChI=1S/C15H15N3O3/c1-18(2)13-8-7-10(9-16-13)14(19)17-12-6-4-3-5-11(12)15(20)21/h3-9H,1-2H3,(H,17,19)(H,20,21). The fraction of sp³-hybridized carbons (Fsp3) is 0.133. The van der Waals surface area contributed by atoms with E-state index in [0.29, 0.717) is 5.56 Å². The third-order valence-corrected chi connectivity index (χ3v) is 2.87. The van der Waals surface area contributed by atoms with Crippen LogP contribution in [0.4, 0.5) is 11.5 Å². The number of aromatic carboxylic acids is 1. The molecule has 0 radical (unpaired) electrons. The first kappa shape index (κ1) is 14.5. The lowest BCUT2D eigenvalue weighted by Gasteiger charge is -2.12. The molecule has 0 saturated heterocycles. The van der Waals surface area contributed by atoms with Crippen molar-refractivity contribution in [2.45, 2.75) is 0 Å². The highest BCUT2D eigenvalue weighted by atomic mass is 16.4. The maximum Gasteiger partial charge on any atom is 0.337 e. The molecule has 21 heavy (non-hydrogen) atoms. The van der Waals surface area contributed by atoms with Gasteiger partial charge in [-0.25, -0.2) is 9.78 Å². The average Bonchev–Trinajstić information content (AvgIpc) is 2.47. The second kappa shape index (κ2) is 6.04. The van der Waals surface area contributed by atoms with Gasteiger partial charge >= 0.3 is 5.97 Å². The molecule has 0 spiro atoms. The largest absolute Gasteiger partial charge is 0.478 e. The van der Waals surface area contributed by atoms with Crippen molar-refractivity contribution >= 4 is 23.4 Å². The summed E-state index contributed by atoms with van der Waals surface area (Å²) in [4.78, 5) is 29.2. The number of aromatic nitrogens is 1. The van der Waals surface area contributed by atoms with E-state index in [-0.39, 0.29) is 11.3 Å². The number of carboxylic acid groups (broad SMARTS) is 1. The Morgan fingerprint density at radius 3 is 2.43 bits per heavy atom. The molecule has 0 aliphatic heterocycles. The quantitative estimate of drug-likeness (QED) is 0.899. The van der Waals surface area contributed by atoms with Gasteiger partial charge < -0.3 is 15.3 Å². The summed E-state index contributed by atoms with van der Waals surface area (Å²) in [6, 6.07) is 9.61. The molecule has 0 atom stereocenters. The third kappa shape index (κ3) is 3.36. The highest BCUT2D eigenvalue weighted by Gasteiger charge is 2.13. The maximum atomic E-state index is 12.1. The Bertz CT molecular complexity index is 666. The molecule has 1 amide bonds. The Morgan fingerprint density at radius 2 is 1.86 bits per heavy atom. The lowest BCUT2D eigenvalue weighted by molar-refractivity contribution is 0.0698. The molecule has 0 bridgehead atoms. The number of para-hydroxylation sites is 1. The smallest absolute Gasteiger partial charge is 0.337 e. The van der Waals surface area contributed by atoms with Gasteiger partial charge in [0.2, 0.25) is 0 Å². The predicted molar refractivity (Wildman–Crippen MR) is 79.9 cm³/mol. The molecule has 1 aromatic heterocycles. The highest BCUT2D eigenvalue weighted by molar-refractivity contribution is 6.07. The summed E-state index contributed by atoms with van der Waals surface area (Å²) >= 11 is 0. The van der Waals surface area contributed by atoms with Crippen LogP contribution in [0.3, 0.4) is 0 Å². The van der Waals surface area contributed by atoms with Crippen molar-refractivity contribution in [3.05, 3.63) is 53.7 Å². The predicted octanol–water partition coefficient (Wildman–Crippen LogP) is 2.10. The van der Waals surface area contributed by atoms with Crippen LogP contribution < -0.4 is 10.2 Å². The van der Waals surface area contributed by atoms with Crippen LogP contribution in [-0.4, -0.2) is 36.1 Å². The number of anilines is 2. The van der Waals surface area contributed by atoms with Gasteiger partial charge in [0.25, 0.3) is 5.91 Å². The molecule has 0 fully saturated rings. The van der Waals surface area contributed by atoms with Crippen LogP contribution >= 0.6 is 0 Å². The molecule has 1 aromatic carbocycles. The highest BCUT2D eigenvalue weighted by Crippen LogP contribution is 2.16. The Hall–Kier alpha value is -2.89. The van der Waals surface area contributed by atoms with E-state index in [1.165, 1.54) is 12.3 Å². The van der Waals surface area contributed by atoms with E-state index in [1.807, 2.05) is 19.0 Å². The molecule has 1 heterocycles. The van der Waals surface area contributed by atoms with Crippen molar-refractivity contribution in [3.8, 4) is 0 Å². The van der Waals surface area contributed by atoms with Crippen LogP contribution in [0.1, 0.15) is 20.7 Å². The number of hydrogen-bond donors (Lipinski definition) is 2. The van der Waals surface area contributed by atoms with Gasteiger partial charge in [-0.3, -0.25) is 4.79 Å². The van der Waals surface area contributed by atoms with Crippen LogP contribution in [-0.2, 0) is 0 Å². The molecule has 2 rings (SSSR count). The molecule has 0 saturated carbocycles. The number of carbonyl (C=O) groups is 2. The Morgan fingerprint density at radius 1 is 1.14 bits per heavy atom. The number of carboxylic acids is 1. The van der Waals surface area contributed by atoms with Gasteiger partial charge in [0.05, 0.1) is 16.8 Å². The normalized spacial score (nSPS) is 10.0. The van der Waals surface area contributed by atoms with Crippen molar-refractivity contribution in [2.24, 2.45) is 0 Å². The molecule has 6 nitrogen and oxygen atoms in total. The number of pyridine rings is 1. The van der Waals surface area contributed by atoms with E-state index in [1.54, 1.807) is 30.3 Å². The van der Waals surface area contributed by atoms with Crippen LogP contribution in [0.15, 0.2) is 42.6 Å². The van der Waals surface area contributed by atoms with Crippen LogP contribution in [0.5, 0.6) is 0 Å². The van der Waals surface area contributed by atoms with Gasteiger partial charge in [-0.05, 0) is 24.3 Å². The maximum absolute atomic E-state index is 12.1. The first-order chi connectivity index (χ1) is 9.99. The summed E-state index contributed by atoms with van der Waals surface area (Å²) in [6.45, 7) is 0. The molecule has 0 unspecified atom stereocenters. The Labute approximate surface area is 122 Å². The lowest BCUT2D eigenvalue weighted by Crippen LogP contribution is -2.16. The van der Waals surface area contributed by atoms with E-state index in [4.69, 9.17) is 5.11 Å². The molecular weight excluding hydrogens is 270 g/mol. The van der Waals surface area contributed by atoms with Crippen LogP contribution in [0.2, 0.25) is 0 Å². The van der Waals surface area contributed by atoms with E-state index in [0.717, 1.165) is 5.82 Å². The average molecular weight is 285 g/mol. The van der Waals surface area contributed by atoms with E-state index >= 15 is 0 Å². The molecule has 0 aliphatic rings. The Balaban J connectivity index is 2.20. The first-order valence-corrected chi connectivity index (χ1v) is 6.26. The molecule has 6 heteroatoms. The number of nitrogens with zero attached hydrogens (tertiary/aromatic N) is 2. The van der Waals surface area contributed by atoms with Crippen LogP contribution in [0.25, 0.3) is 0 Å². The molecular formula is C15H15N3O3. The lowest BCUT2D eigenvalue weighted by atomic mass is 10.1. The molecule has 2 N–H and O–H groups in total. The number of carbonyl (C=O) groups excluding carboxylic acids is 1. The molecule has 2 aromatic rings. The van der Waals surface area contributed by atoms with Crippen molar-refractivity contribution in [2.75, 3.05) is 24.3 Å². The fourth-order valence-electron chi connectivity index (χ4n) is 1.76. The monoisotopic (exact) mass is 285 g/mol. The molecule has 0 aliphatic carbocycles. The summed E-state index contributed by atoms with van der Waals surface area (Å²) in [7, 11) is 3.70.